The minimum absolute atomic E-state index is 1.30. The molecule has 0 saturated carbocycles. The van der Waals surface area contributed by atoms with Crippen LogP contribution in [-0.2, 0) is 0 Å². The van der Waals surface area contributed by atoms with Gasteiger partial charge >= 0.3 is 0 Å². The SMILES string of the molecule is Bc1c2ccccc2c(-c2cc(C)ccc2C)c2ccccc12. The molecule has 0 radical (unpaired) electrons. The zero-order valence-electron chi connectivity index (χ0n) is 13.9. The first-order valence-corrected chi connectivity index (χ1v) is 8.14. The molecule has 0 unspecified atom stereocenters. The van der Waals surface area contributed by atoms with E-state index >= 15 is 0 Å². The van der Waals surface area contributed by atoms with Gasteiger partial charge in [-0.3, -0.25) is 0 Å². The lowest BCUT2D eigenvalue weighted by Crippen LogP contribution is -2.07. The summed E-state index contributed by atoms with van der Waals surface area (Å²) in [4.78, 5) is 0. The zero-order valence-corrected chi connectivity index (χ0v) is 13.9. The number of aryl methyl sites for hydroxylation is 2. The molecule has 0 fully saturated rings. The maximum absolute atomic E-state index is 2.32. The van der Waals surface area contributed by atoms with Gasteiger partial charge in [-0.15, -0.1) is 0 Å². The van der Waals surface area contributed by atoms with E-state index in [-0.39, 0.29) is 0 Å². The van der Waals surface area contributed by atoms with Gasteiger partial charge in [0.15, 0.2) is 0 Å². The average Bonchev–Trinajstić information content (AvgIpc) is 2.58. The maximum Gasteiger partial charge on any atom is 0.140 e. The topological polar surface area (TPSA) is 0 Å². The van der Waals surface area contributed by atoms with Crippen molar-refractivity contribution < 1.29 is 0 Å². The van der Waals surface area contributed by atoms with E-state index < -0.39 is 0 Å². The molecule has 0 bridgehead atoms. The van der Waals surface area contributed by atoms with E-state index in [4.69, 9.17) is 0 Å². The molecule has 0 heterocycles. The van der Waals surface area contributed by atoms with E-state index in [9.17, 15) is 0 Å². The second-order valence-corrected chi connectivity index (χ2v) is 6.41. The van der Waals surface area contributed by atoms with E-state index in [2.05, 4.69) is 88.4 Å². The quantitative estimate of drug-likeness (QED) is 0.357. The highest BCUT2D eigenvalue weighted by Gasteiger charge is 2.13. The lowest BCUT2D eigenvalue weighted by atomic mass is 9.80. The molecule has 0 saturated heterocycles. The Morgan fingerprint density at radius 1 is 0.652 bits per heavy atom. The van der Waals surface area contributed by atoms with Crippen molar-refractivity contribution in [1.29, 1.82) is 0 Å². The molecule has 0 aliphatic carbocycles. The number of hydrogen-bond acceptors (Lipinski definition) is 0. The van der Waals surface area contributed by atoms with Crippen molar-refractivity contribution in [3.8, 4) is 11.1 Å². The fraction of sp³-hybridized carbons (Fsp3) is 0.0909. The third-order valence-corrected chi connectivity index (χ3v) is 4.86. The molecule has 0 aliphatic heterocycles. The molecule has 0 aromatic heterocycles. The molecule has 23 heavy (non-hydrogen) atoms. The van der Waals surface area contributed by atoms with Crippen LogP contribution in [-0.4, -0.2) is 7.85 Å². The summed E-state index contributed by atoms with van der Waals surface area (Å²) < 4.78 is 0. The molecule has 0 atom stereocenters. The Labute approximate surface area is 138 Å². The molecular weight excluding hydrogens is 275 g/mol. The number of fused-ring (bicyclic) bond motifs is 2. The van der Waals surface area contributed by atoms with Crippen molar-refractivity contribution in [1.82, 2.24) is 0 Å². The Kier molecular flexibility index (Phi) is 3.23. The number of rotatable bonds is 1. The standard InChI is InChI=1S/C22H19B/c1-14-11-12-15(2)20(13-14)21-16-7-3-5-9-18(16)22(23)19-10-6-4-8-17(19)21/h3-13H,23H2,1-2H3. The average molecular weight is 294 g/mol. The molecular formula is C22H19B. The summed E-state index contributed by atoms with van der Waals surface area (Å²) in [7, 11) is 2.23. The summed E-state index contributed by atoms with van der Waals surface area (Å²) in [6.07, 6.45) is 0. The molecule has 4 aromatic carbocycles. The second-order valence-electron chi connectivity index (χ2n) is 6.41. The van der Waals surface area contributed by atoms with Gasteiger partial charge in [-0.05, 0) is 52.1 Å². The van der Waals surface area contributed by atoms with Crippen LogP contribution in [0.25, 0.3) is 32.7 Å². The highest BCUT2D eigenvalue weighted by molar-refractivity contribution is 6.46. The molecule has 4 rings (SSSR count). The lowest BCUT2D eigenvalue weighted by Gasteiger charge is -2.17. The second kappa shape index (κ2) is 5.28. The summed E-state index contributed by atoms with van der Waals surface area (Å²) in [5.74, 6) is 0. The van der Waals surface area contributed by atoms with Gasteiger partial charge in [0.2, 0.25) is 0 Å². The maximum atomic E-state index is 2.32. The van der Waals surface area contributed by atoms with Crippen LogP contribution < -0.4 is 5.46 Å². The summed E-state index contributed by atoms with van der Waals surface area (Å²) in [5, 5.41) is 5.39. The Morgan fingerprint density at radius 2 is 1.17 bits per heavy atom. The molecule has 1 heteroatoms. The number of hydrogen-bond donors (Lipinski definition) is 0. The van der Waals surface area contributed by atoms with Crippen LogP contribution in [0.4, 0.5) is 0 Å². The zero-order chi connectivity index (χ0) is 16.0. The molecule has 0 N–H and O–H groups in total. The van der Waals surface area contributed by atoms with Gasteiger partial charge in [-0.2, -0.15) is 0 Å². The number of benzene rings is 4. The van der Waals surface area contributed by atoms with Crippen molar-refractivity contribution in [2.24, 2.45) is 0 Å². The molecule has 0 amide bonds. The summed E-state index contributed by atoms with van der Waals surface area (Å²) in [6.45, 7) is 4.37. The van der Waals surface area contributed by atoms with Crippen molar-refractivity contribution in [3.63, 3.8) is 0 Å². The Morgan fingerprint density at radius 3 is 1.74 bits per heavy atom. The molecule has 0 aliphatic rings. The van der Waals surface area contributed by atoms with Crippen LogP contribution >= 0.6 is 0 Å². The van der Waals surface area contributed by atoms with Crippen LogP contribution in [0.5, 0.6) is 0 Å². The van der Waals surface area contributed by atoms with Crippen LogP contribution in [0.1, 0.15) is 11.1 Å². The third-order valence-electron chi connectivity index (χ3n) is 4.86. The van der Waals surface area contributed by atoms with Gasteiger partial charge in [0.05, 0.1) is 0 Å². The lowest BCUT2D eigenvalue weighted by molar-refractivity contribution is 1.40. The molecule has 0 nitrogen and oxygen atoms in total. The predicted octanol–water partition coefficient (Wildman–Crippen LogP) is 4.54. The van der Waals surface area contributed by atoms with Gasteiger partial charge in [0.1, 0.15) is 7.85 Å². The van der Waals surface area contributed by atoms with Crippen LogP contribution in [0.2, 0.25) is 0 Å². The van der Waals surface area contributed by atoms with Gasteiger partial charge in [-0.1, -0.05) is 77.8 Å². The Hall–Kier alpha value is -2.54. The monoisotopic (exact) mass is 294 g/mol. The largest absolute Gasteiger partial charge is 0.140 e. The first kappa shape index (κ1) is 14.1. The Bertz CT molecular complexity index is 987. The van der Waals surface area contributed by atoms with E-state index in [1.807, 2.05) is 0 Å². The van der Waals surface area contributed by atoms with Crippen molar-refractivity contribution in [3.05, 3.63) is 77.9 Å². The molecule has 110 valence electrons. The highest BCUT2D eigenvalue weighted by atomic mass is 14.2. The van der Waals surface area contributed by atoms with Gasteiger partial charge in [0, 0.05) is 0 Å². The Balaban J connectivity index is 2.28. The summed E-state index contributed by atoms with van der Waals surface area (Å²) in [6, 6.07) is 24.3. The summed E-state index contributed by atoms with van der Waals surface area (Å²) >= 11 is 0. The van der Waals surface area contributed by atoms with Gasteiger partial charge in [-0.25, -0.2) is 0 Å². The van der Waals surface area contributed by atoms with E-state index in [1.54, 1.807) is 0 Å². The van der Waals surface area contributed by atoms with Crippen LogP contribution in [0.15, 0.2) is 66.7 Å². The summed E-state index contributed by atoms with van der Waals surface area (Å²) in [5.41, 5.74) is 6.71. The normalized spacial score (nSPS) is 11.2. The fourth-order valence-corrected chi connectivity index (χ4v) is 3.64. The van der Waals surface area contributed by atoms with E-state index in [0.717, 1.165) is 0 Å². The minimum Gasteiger partial charge on any atom is -0.0735 e. The third kappa shape index (κ3) is 2.16. The van der Waals surface area contributed by atoms with Crippen molar-refractivity contribution >= 4 is 34.9 Å². The fourth-order valence-electron chi connectivity index (χ4n) is 3.64. The van der Waals surface area contributed by atoms with Crippen molar-refractivity contribution in [2.75, 3.05) is 0 Å². The van der Waals surface area contributed by atoms with Gasteiger partial charge in [0.25, 0.3) is 0 Å². The van der Waals surface area contributed by atoms with Gasteiger partial charge < -0.3 is 0 Å². The molecule has 4 aromatic rings. The van der Waals surface area contributed by atoms with E-state index in [1.165, 1.54) is 49.3 Å². The highest BCUT2D eigenvalue weighted by Crippen LogP contribution is 2.36. The predicted molar refractivity (Wildman–Crippen MR) is 105 cm³/mol. The first-order chi connectivity index (χ1) is 11.2. The minimum atomic E-state index is 1.30. The van der Waals surface area contributed by atoms with E-state index in [0.29, 0.717) is 0 Å². The van der Waals surface area contributed by atoms with Crippen molar-refractivity contribution in [2.45, 2.75) is 13.8 Å². The van der Waals surface area contributed by atoms with Crippen LogP contribution in [0, 0.1) is 13.8 Å². The first-order valence-electron chi connectivity index (χ1n) is 8.14. The van der Waals surface area contributed by atoms with Crippen LogP contribution in [0.3, 0.4) is 0 Å². The molecule has 0 spiro atoms. The smallest absolute Gasteiger partial charge is 0.0735 e.